The third-order valence-electron chi connectivity index (χ3n) is 4.58. The molecule has 0 saturated heterocycles. The minimum Gasteiger partial charge on any atom is -0.324 e. The molecule has 1 heteroatoms. The van der Waals surface area contributed by atoms with Gasteiger partial charge in [0, 0.05) is 5.54 Å². The van der Waals surface area contributed by atoms with Crippen LogP contribution in [0.5, 0.6) is 0 Å². The molecule has 0 heterocycles. The van der Waals surface area contributed by atoms with Gasteiger partial charge in [-0.3, -0.25) is 0 Å². The molecular formula is C15H21N. The van der Waals surface area contributed by atoms with E-state index in [0.717, 1.165) is 18.8 Å². The van der Waals surface area contributed by atoms with E-state index in [2.05, 4.69) is 24.3 Å². The first-order valence-corrected chi connectivity index (χ1v) is 6.64. The quantitative estimate of drug-likeness (QED) is 0.765. The maximum Gasteiger partial charge on any atom is 0.0264 e. The summed E-state index contributed by atoms with van der Waals surface area (Å²) in [4.78, 5) is 0. The average Bonchev–Trinajstić information content (AvgIpc) is 2.68. The van der Waals surface area contributed by atoms with E-state index >= 15 is 0 Å². The van der Waals surface area contributed by atoms with Crippen LogP contribution in [0.15, 0.2) is 24.3 Å². The Kier molecular flexibility index (Phi) is 2.51. The molecule has 1 nitrogen and oxygen atoms in total. The second kappa shape index (κ2) is 3.89. The summed E-state index contributed by atoms with van der Waals surface area (Å²) >= 11 is 0. The lowest BCUT2D eigenvalue weighted by molar-refractivity contribution is 0.213. The fourth-order valence-electron chi connectivity index (χ4n) is 3.64. The molecular weight excluding hydrogens is 194 g/mol. The van der Waals surface area contributed by atoms with E-state index in [1.165, 1.54) is 43.2 Å². The first kappa shape index (κ1) is 10.3. The summed E-state index contributed by atoms with van der Waals surface area (Å²) in [5.41, 5.74) is 9.75. The lowest BCUT2D eigenvalue weighted by Gasteiger charge is -2.36. The summed E-state index contributed by atoms with van der Waals surface area (Å²) in [7, 11) is 0. The van der Waals surface area contributed by atoms with Crippen LogP contribution in [0.1, 0.15) is 43.2 Å². The Morgan fingerprint density at radius 1 is 0.938 bits per heavy atom. The third kappa shape index (κ3) is 1.67. The van der Waals surface area contributed by atoms with Gasteiger partial charge in [0.2, 0.25) is 0 Å². The molecule has 0 radical (unpaired) electrons. The lowest BCUT2D eigenvalue weighted by Crippen LogP contribution is -2.48. The summed E-state index contributed by atoms with van der Waals surface area (Å²) in [5.74, 6) is 0.758. The third-order valence-corrected chi connectivity index (χ3v) is 4.58. The highest BCUT2D eigenvalue weighted by Crippen LogP contribution is 2.39. The van der Waals surface area contributed by atoms with Crippen molar-refractivity contribution < 1.29 is 0 Å². The topological polar surface area (TPSA) is 26.0 Å². The highest BCUT2D eigenvalue weighted by atomic mass is 14.8. The van der Waals surface area contributed by atoms with E-state index < -0.39 is 0 Å². The number of benzene rings is 1. The molecule has 86 valence electrons. The van der Waals surface area contributed by atoms with E-state index in [0.29, 0.717) is 0 Å². The van der Waals surface area contributed by atoms with Gasteiger partial charge in [0.25, 0.3) is 0 Å². The SMILES string of the molecule is NC1(C2CCCCC2)Cc2ccccc2C1. The zero-order chi connectivity index (χ0) is 11.0. The van der Waals surface area contributed by atoms with Crippen molar-refractivity contribution in [2.24, 2.45) is 11.7 Å². The molecule has 3 rings (SSSR count). The van der Waals surface area contributed by atoms with Gasteiger partial charge in [-0.25, -0.2) is 0 Å². The Bertz CT molecular complexity index is 352. The van der Waals surface area contributed by atoms with Gasteiger partial charge in [-0.1, -0.05) is 43.5 Å². The molecule has 0 aliphatic heterocycles. The normalized spacial score (nSPS) is 24.3. The molecule has 0 unspecified atom stereocenters. The molecule has 2 N–H and O–H groups in total. The molecule has 0 atom stereocenters. The highest BCUT2D eigenvalue weighted by Gasteiger charge is 2.40. The summed E-state index contributed by atoms with van der Waals surface area (Å²) in [6.45, 7) is 0. The van der Waals surface area contributed by atoms with Gasteiger partial charge >= 0.3 is 0 Å². The van der Waals surface area contributed by atoms with Gasteiger partial charge < -0.3 is 5.73 Å². The van der Waals surface area contributed by atoms with Crippen molar-refractivity contribution in [1.82, 2.24) is 0 Å². The monoisotopic (exact) mass is 215 g/mol. The van der Waals surface area contributed by atoms with Crippen molar-refractivity contribution in [3.05, 3.63) is 35.4 Å². The predicted octanol–water partition coefficient (Wildman–Crippen LogP) is 3.06. The molecule has 16 heavy (non-hydrogen) atoms. The molecule has 0 amide bonds. The second-order valence-corrected chi connectivity index (χ2v) is 5.69. The van der Waals surface area contributed by atoms with Crippen molar-refractivity contribution in [2.45, 2.75) is 50.5 Å². The van der Waals surface area contributed by atoms with Crippen LogP contribution in [0.4, 0.5) is 0 Å². The van der Waals surface area contributed by atoms with Gasteiger partial charge in [-0.15, -0.1) is 0 Å². The van der Waals surface area contributed by atoms with Crippen LogP contribution < -0.4 is 5.73 Å². The van der Waals surface area contributed by atoms with Gasteiger partial charge in [0.1, 0.15) is 0 Å². The summed E-state index contributed by atoms with van der Waals surface area (Å²) < 4.78 is 0. The summed E-state index contributed by atoms with van der Waals surface area (Å²) in [6.07, 6.45) is 9.11. The van der Waals surface area contributed by atoms with Crippen molar-refractivity contribution in [2.75, 3.05) is 0 Å². The Morgan fingerprint density at radius 3 is 2.06 bits per heavy atom. The number of rotatable bonds is 1. The Morgan fingerprint density at radius 2 is 1.50 bits per heavy atom. The van der Waals surface area contributed by atoms with Crippen molar-refractivity contribution in [1.29, 1.82) is 0 Å². The fourth-order valence-corrected chi connectivity index (χ4v) is 3.64. The fraction of sp³-hybridized carbons (Fsp3) is 0.600. The molecule has 0 aromatic heterocycles. The minimum atomic E-state index is 0.0735. The van der Waals surface area contributed by atoms with Crippen molar-refractivity contribution in [3.8, 4) is 0 Å². The Balaban J connectivity index is 1.82. The van der Waals surface area contributed by atoms with Crippen LogP contribution in [-0.4, -0.2) is 5.54 Å². The van der Waals surface area contributed by atoms with Crippen LogP contribution >= 0.6 is 0 Å². The van der Waals surface area contributed by atoms with Crippen LogP contribution in [-0.2, 0) is 12.8 Å². The van der Waals surface area contributed by atoms with Gasteiger partial charge in [0.05, 0.1) is 0 Å². The zero-order valence-corrected chi connectivity index (χ0v) is 9.91. The molecule has 2 aliphatic carbocycles. The van der Waals surface area contributed by atoms with Crippen molar-refractivity contribution in [3.63, 3.8) is 0 Å². The molecule has 1 aromatic rings. The average molecular weight is 215 g/mol. The molecule has 1 saturated carbocycles. The van der Waals surface area contributed by atoms with Gasteiger partial charge in [0.15, 0.2) is 0 Å². The van der Waals surface area contributed by atoms with E-state index in [9.17, 15) is 0 Å². The van der Waals surface area contributed by atoms with E-state index in [1.807, 2.05) is 0 Å². The summed E-state index contributed by atoms with van der Waals surface area (Å²) in [5, 5.41) is 0. The molecule has 0 spiro atoms. The first-order valence-electron chi connectivity index (χ1n) is 6.64. The largest absolute Gasteiger partial charge is 0.324 e. The number of nitrogens with two attached hydrogens (primary N) is 1. The van der Waals surface area contributed by atoms with Crippen LogP contribution in [0, 0.1) is 5.92 Å². The standard InChI is InChI=1S/C15H21N/c16-15(14-8-2-1-3-9-14)10-12-6-4-5-7-13(12)11-15/h4-7,14H,1-3,8-11,16H2. The lowest BCUT2D eigenvalue weighted by atomic mass is 9.73. The smallest absolute Gasteiger partial charge is 0.0264 e. The number of hydrogen-bond donors (Lipinski definition) is 1. The van der Waals surface area contributed by atoms with Crippen LogP contribution in [0.2, 0.25) is 0 Å². The van der Waals surface area contributed by atoms with Crippen LogP contribution in [0.25, 0.3) is 0 Å². The Hall–Kier alpha value is -0.820. The first-order chi connectivity index (χ1) is 7.78. The molecule has 0 bridgehead atoms. The molecule has 1 aromatic carbocycles. The van der Waals surface area contributed by atoms with E-state index in [4.69, 9.17) is 5.73 Å². The minimum absolute atomic E-state index is 0.0735. The maximum atomic E-state index is 6.68. The Labute approximate surface area is 98.0 Å². The summed E-state index contributed by atoms with van der Waals surface area (Å²) in [6, 6.07) is 8.80. The van der Waals surface area contributed by atoms with Crippen molar-refractivity contribution >= 4 is 0 Å². The van der Waals surface area contributed by atoms with E-state index in [-0.39, 0.29) is 5.54 Å². The highest BCUT2D eigenvalue weighted by molar-refractivity contribution is 5.36. The zero-order valence-electron chi connectivity index (χ0n) is 9.91. The molecule has 2 aliphatic rings. The van der Waals surface area contributed by atoms with E-state index in [1.54, 1.807) is 0 Å². The number of hydrogen-bond acceptors (Lipinski definition) is 1. The number of fused-ring (bicyclic) bond motifs is 1. The van der Waals surface area contributed by atoms with Gasteiger partial charge in [-0.2, -0.15) is 0 Å². The second-order valence-electron chi connectivity index (χ2n) is 5.69. The van der Waals surface area contributed by atoms with Gasteiger partial charge in [-0.05, 0) is 42.7 Å². The molecule has 1 fully saturated rings. The maximum absolute atomic E-state index is 6.68. The van der Waals surface area contributed by atoms with Crippen LogP contribution in [0.3, 0.4) is 0 Å². The predicted molar refractivity (Wildman–Crippen MR) is 67.3 cm³/mol.